The number of anilines is 1. The first-order chi connectivity index (χ1) is 21.1. The van der Waals surface area contributed by atoms with Gasteiger partial charge >= 0.3 is 0 Å². The van der Waals surface area contributed by atoms with Crippen molar-refractivity contribution in [3.63, 3.8) is 0 Å². The van der Waals surface area contributed by atoms with Crippen molar-refractivity contribution in [2.75, 3.05) is 45.3 Å². The van der Waals surface area contributed by atoms with E-state index in [9.17, 15) is 18.0 Å². The van der Waals surface area contributed by atoms with E-state index in [2.05, 4.69) is 5.32 Å². The third kappa shape index (κ3) is 8.13. The van der Waals surface area contributed by atoms with Crippen LogP contribution in [0.25, 0.3) is 0 Å². The highest BCUT2D eigenvalue weighted by atomic mass is 32.2. The van der Waals surface area contributed by atoms with Crippen molar-refractivity contribution in [3.05, 3.63) is 72.3 Å². The van der Waals surface area contributed by atoms with Gasteiger partial charge < -0.3 is 29.2 Å². The first-order valence-corrected chi connectivity index (χ1v) is 15.7. The van der Waals surface area contributed by atoms with Crippen LogP contribution < -0.4 is 28.6 Å². The number of nitrogens with one attached hydrogen (secondary N) is 1. The molecule has 238 valence electrons. The van der Waals surface area contributed by atoms with Gasteiger partial charge in [0.1, 0.15) is 24.1 Å². The van der Waals surface area contributed by atoms with Crippen LogP contribution in [-0.2, 0) is 26.2 Å². The summed E-state index contributed by atoms with van der Waals surface area (Å²) in [4.78, 5) is 28.6. The second-order valence-electron chi connectivity index (χ2n) is 9.65. The number of carbonyl (C=O) groups is 2. The Morgan fingerprint density at radius 1 is 0.841 bits per heavy atom. The molecule has 0 aliphatic rings. The second kappa shape index (κ2) is 15.9. The lowest BCUT2D eigenvalue weighted by molar-refractivity contribution is -0.140. The van der Waals surface area contributed by atoms with E-state index in [-0.39, 0.29) is 28.8 Å². The van der Waals surface area contributed by atoms with Gasteiger partial charge in [0.15, 0.2) is 11.5 Å². The number of carbonyl (C=O) groups excluding carboxylic acids is 2. The Bertz CT molecular complexity index is 1510. The molecule has 1 N–H and O–H groups in total. The number of rotatable bonds is 16. The minimum Gasteiger partial charge on any atom is -0.497 e. The Balaban J connectivity index is 2.11. The van der Waals surface area contributed by atoms with E-state index in [1.807, 2.05) is 13.0 Å². The van der Waals surface area contributed by atoms with Crippen molar-refractivity contribution in [1.29, 1.82) is 0 Å². The zero-order chi connectivity index (χ0) is 32.3. The summed E-state index contributed by atoms with van der Waals surface area (Å²) in [7, 11) is 0.0765. The Morgan fingerprint density at radius 3 is 2.14 bits per heavy atom. The standard InChI is InChI=1S/C32H41N3O8S/c1-7-28(32(37)33-8-2)34(21-23-11-10-12-26(19-23)40-4)31(36)22-35(24-13-15-25(16-14-24)43-9-3)44(38,39)27-17-18-29(41-5)30(20-27)42-6/h10-20,28H,7-9,21-22H2,1-6H3,(H,33,37)/t28-/m1/s1. The number of likely N-dealkylation sites (N-methyl/N-ethyl adjacent to an activating group) is 1. The van der Waals surface area contributed by atoms with Crippen molar-refractivity contribution < 1.29 is 37.0 Å². The first kappa shape index (κ1) is 34.0. The Labute approximate surface area is 259 Å². The lowest BCUT2D eigenvalue weighted by atomic mass is 10.1. The zero-order valence-corrected chi connectivity index (χ0v) is 26.8. The molecule has 44 heavy (non-hydrogen) atoms. The van der Waals surface area contributed by atoms with E-state index >= 15 is 0 Å². The lowest BCUT2D eigenvalue weighted by Gasteiger charge is -2.33. The molecular formula is C32H41N3O8S. The van der Waals surface area contributed by atoms with E-state index < -0.39 is 28.5 Å². The van der Waals surface area contributed by atoms with Crippen LogP contribution in [0.5, 0.6) is 23.0 Å². The monoisotopic (exact) mass is 627 g/mol. The number of amides is 2. The largest absolute Gasteiger partial charge is 0.497 e. The van der Waals surface area contributed by atoms with Crippen molar-refractivity contribution in [2.24, 2.45) is 0 Å². The van der Waals surface area contributed by atoms with Crippen LogP contribution in [0.2, 0.25) is 0 Å². The molecule has 12 heteroatoms. The number of hydrogen-bond acceptors (Lipinski definition) is 8. The summed E-state index contributed by atoms with van der Waals surface area (Å²) in [6.07, 6.45) is 0.313. The third-order valence-corrected chi connectivity index (χ3v) is 8.65. The van der Waals surface area contributed by atoms with Gasteiger partial charge in [-0.3, -0.25) is 13.9 Å². The Morgan fingerprint density at radius 2 is 1.55 bits per heavy atom. The smallest absolute Gasteiger partial charge is 0.264 e. The van der Waals surface area contributed by atoms with Crippen LogP contribution in [0, 0.1) is 0 Å². The highest BCUT2D eigenvalue weighted by Gasteiger charge is 2.34. The fourth-order valence-corrected chi connectivity index (χ4v) is 6.12. The zero-order valence-electron chi connectivity index (χ0n) is 26.0. The van der Waals surface area contributed by atoms with Crippen molar-refractivity contribution in [1.82, 2.24) is 10.2 Å². The summed E-state index contributed by atoms with van der Waals surface area (Å²) < 4.78 is 51.0. The van der Waals surface area contributed by atoms with E-state index in [1.54, 1.807) is 63.4 Å². The number of methoxy groups -OCH3 is 3. The van der Waals surface area contributed by atoms with E-state index in [1.165, 1.54) is 37.3 Å². The average molecular weight is 628 g/mol. The highest BCUT2D eigenvalue weighted by Crippen LogP contribution is 2.33. The maximum atomic E-state index is 14.2. The number of nitrogens with zero attached hydrogens (tertiary/aromatic N) is 2. The fourth-order valence-electron chi connectivity index (χ4n) is 4.69. The van der Waals surface area contributed by atoms with Gasteiger partial charge in [-0.15, -0.1) is 0 Å². The molecule has 0 unspecified atom stereocenters. The molecule has 3 aromatic carbocycles. The van der Waals surface area contributed by atoms with E-state index in [4.69, 9.17) is 18.9 Å². The van der Waals surface area contributed by atoms with Crippen LogP contribution >= 0.6 is 0 Å². The predicted molar refractivity (Wildman–Crippen MR) is 168 cm³/mol. The summed E-state index contributed by atoms with van der Waals surface area (Å²) in [5, 5.41) is 2.79. The van der Waals surface area contributed by atoms with Crippen molar-refractivity contribution in [3.8, 4) is 23.0 Å². The van der Waals surface area contributed by atoms with E-state index in [0.29, 0.717) is 36.8 Å². The molecule has 0 saturated carbocycles. The number of ether oxygens (including phenoxy) is 4. The predicted octanol–water partition coefficient (Wildman–Crippen LogP) is 4.25. The minimum atomic E-state index is -4.32. The van der Waals surface area contributed by atoms with Gasteiger partial charge in [0.05, 0.1) is 38.5 Å². The van der Waals surface area contributed by atoms with Crippen molar-refractivity contribution >= 4 is 27.5 Å². The number of sulfonamides is 1. The topological polar surface area (TPSA) is 124 Å². The molecule has 2 amide bonds. The molecular weight excluding hydrogens is 586 g/mol. The number of hydrogen-bond donors (Lipinski definition) is 1. The highest BCUT2D eigenvalue weighted by molar-refractivity contribution is 7.92. The van der Waals surface area contributed by atoms with Crippen molar-refractivity contribution in [2.45, 2.75) is 44.7 Å². The molecule has 3 aromatic rings. The lowest BCUT2D eigenvalue weighted by Crippen LogP contribution is -2.52. The van der Waals surface area contributed by atoms with Gasteiger partial charge in [0, 0.05) is 19.2 Å². The first-order valence-electron chi connectivity index (χ1n) is 14.3. The molecule has 0 bridgehead atoms. The molecule has 0 aliphatic carbocycles. The molecule has 0 saturated heterocycles. The minimum absolute atomic E-state index is 0.0548. The molecule has 3 rings (SSSR count). The van der Waals surface area contributed by atoms with Crippen LogP contribution in [0.4, 0.5) is 5.69 Å². The molecule has 0 aliphatic heterocycles. The third-order valence-electron chi connectivity index (χ3n) is 6.88. The second-order valence-corrected chi connectivity index (χ2v) is 11.5. The molecule has 0 spiro atoms. The van der Waals surface area contributed by atoms with Gasteiger partial charge in [-0.25, -0.2) is 8.42 Å². The Kier molecular flexibility index (Phi) is 12.3. The van der Waals surface area contributed by atoms with Gasteiger partial charge in [-0.2, -0.15) is 0 Å². The summed E-state index contributed by atoms with van der Waals surface area (Å²) >= 11 is 0. The van der Waals surface area contributed by atoms with Crippen LogP contribution in [0.15, 0.2) is 71.6 Å². The maximum absolute atomic E-state index is 14.2. The summed E-state index contributed by atoms with van der Waals surface area (Å²) in [5.74, 6) is 0.812. The van der Waals surface area contributed by atoms with Crippen LogP contribution in [0.3, 0.4) is 0 Å². The number of benzene rings is 3. The van der Waals surface area contributed by atoms with Gasteiger partial charge in [0.25, 0.3) is 10.0 Å². The van der Waals surface area contributed by atoms with Gasteiger partial charge in [-0.1, -0.05) is 19.1 Å². The van der Waals surface area contributed by atoms with Crippen LogP contribution in [0.1, 0.15) is 32.8 Å². The molecule has 1 atom stereocenters. The summed E-state index contributed by atoms with van der Waals surface area (Å²) in [6, 6.07) is 17.0. The van der Waals surface area contributed by atoms with E-state index in [0.717, 1.165) is 9.87 Å². The Hall–Kier alpha value is -4.45. The maximum Gasteiger partial charge on any atom is 0.264 e. The van der Waals surface area contributed by atoms with Gasteiger partial charge in [0.2, 0.25) is 11.8 Å². The summed E-state index contributed by atoms with van der Waals surface area (Å²) in [6.45, 7) is 5.73. The fraction of sp³-hybridized carbons (Fsp3) is 0.375. The normalized spacial score (nSPS) is 11.7. The average Bonchev–Trinajstić information content (AvgIpc) is 3.03. The molecule has 0 heterocycles. The summed E-state index contributed by atoms with van der Waals surface area (Å²) in [5.41, 5.74) is 0.958. The SMILES string of the molecule is CCNC(=O)[C@@H](CC)N(Cc1cccc(OC)c1)C(=O)CN(c1ccc(OCC)cc1)S(=O)(=O)c1ccc(OC)c(OC)c1. The molecule has 0 fully saturated rings. The molecule has 0 radical (unpaired) electrons. The quantitative estimate of drug-likeness (QED) is 0.250. The van der Waals surface area contributed by atoms with Gasteiger partial charge in [-0.05, 0) is 74.4 Å². The molecule has 11 nitrogen and oxygen atoms in total. The molecule has 0 aromatic heterocycles. The van der Waals surface area contributed by atoms with Crippen LogP contribution in [-0.4, -0.2) is 72.2 Å².